The average molecular weight is 647 g/mol. The van der Waals surface area contributed by atoms with Gasteiger partial charge in [0.15, 0.2) is 5.78 Å². The van der Waals surface area contributed by atoms with Crippen LogP contribution >= 0.6 is 0 Å². The number of hydrogen-bond donors (Lipinski definition) is 2. The van der Waals surface area contributed by atoms with Gasteiger partial charge in [0.1, 0.15) is 12.5 Å². The number of aromatic amines is 2. The molecule has 0 saturated carbocycles. The fourth-order valence-corrected chi connectivity index (χ4v) is 7.39. The normalized spacial score (nSPS) is 18.6. The second kappa shape index (κ2) is 12.9. The minimum Gasteiger partial charge on any atom is -0.468 e. The number of nitrogens with one attached hydrogen (secondary N) is 2. The molecule has 6 rings (SSSR count). The van der Waals surface area contributed by atoms with E-state index in [1.807, 2.05) is 45.1 Å². The van der Waals surface area contributed by atoms with Gasteiger partial charge in [0.25, 0.3) is 0 Å². The molecule has 3 atom stereocenters. The molecule has 3 aromatic heterocycles. The van der Waals surface area contributed by atoms with E-state index >= 15 is 0 Å². The number of esters is 2. The lowest BCUT2D eigenvalue weighted by molar-refractivity contribution is -0.145. The number of nitrogens with zero attached hydrogens (tertiary/aromatic N) is 2. The molecule has 0 amide bonds. The molecule has 2 N–H and O–H groups in total. The molecule has 0 fully saturated rings. The zero-order valence-electron chi connectivity index (χ0n) is 28.7. The second-order valence-corrected chi connectivity index (χ2v) is 12.7. The third kappa shape index (κ3) is 5.31. The Labute approximate surface area is 280 Å². The summed E-state index contributed by atoms with van der Waals surface area (Å²) in [6.07, 6.45) is 6.83. The fourth-order valence-electron chi connectivity index (χ4n) is 7.39. The van der Waals surface area contributed by atoms with E-state index in [1.54, 1.807) is 6.08 Å². The lowest BCUT2D eigenvalue weighted by Crippen LogP contribution is -2.21. The Morgan fingerprint density at radius 1 is 1.02 bits per heavy atom. The summed E-state index contributed by atoms with van der Waals surface area (Å²) in [6.45, 7) is 16.4. The third-order valence-electron chi connectivity index (χ3n) is 10.1. The summed E-state index contributed by atoms with van der Waals surface area (Å²) in [5.41, 5.74) is 12.0. The van der Waals surface area contributed by atoms with Crippen molar-refractivity contribution in [3.05, 3.63) is 87.5 Å². The fraction of sp³-hybridized carbons (Fsp3) is 0.359. The van der Waals surface area contributed by atoms with Gasteiger partial charge in [-0.3, -0.25) is 19.4 Å². The number of H-pyrrole nitrogens is 2. The van der Waals surface area contributed by atoms with Gasteiger partial charge >= 0.3 is 11.9 Å². The molecule has 0 aromatic carbocycles. The van der Waals surface area contributed by atoms with E-state index < -0.39 is 11.9 Å². The van der Waals surface area contributed by atoms with E-state index in [9.17, 15) is 14.4 Å². The molecule has 0 spiro atoms. The first kappa shape index (κ1) is 32.9. The maximum Gasteiger partial charge on any atom is 0.321 e. The van der Waals surface area contributed by atoms with E-state index in [4.69, 9.17) is 19.4 Å². The van der Waals surface area contributed by atoms with E-state index in [-0.39, 0.29) is 36.6 Å². The number of carbonyl (C=O) groups excluding carboxylic acids is 3. The largest absolute Gasteiger partial charge is 0.468 e. The third-order valence-corrected chi connectivity index (χ3v) is 10.1. The molecule has 3 aliphatic rings. The van der Waals surface area contributed by atoms with Crippen LogP contribution in [0.25, 0.3) is 39.3 Å². The van der Waals surface area contributed by atoms with Crippen molar-refractivity contribution in [1.82, 2.24) is 19.9 Å². The van der Waals surface area contributed by atoms with Crippen molar-refractivity contribution in [1.29, 1.82) is 0 Å². The van der Waals surface area contributed by atoms with Gasteiger partial charge in [0.05, 0.1) is 24.2 Å². The molecular weight excluding hydrogens is 604 g/mol. The van der Waals surface area contributed by atoms with Crippen LogP contribution in [-0.4, -0.2) is 51.4 Å². The number of allylic oxidation sites excluding steroid dienone is 3. The Balaban J connectivity index is 1.71. The molecule has 48 heavy (non-hydrogen) atoms. The molecule has 5 heterocycles. The number of aryl methyl sites for hydroxylation is 3. The number of ketones is 1. The summed E-state index contributed by atoms with van der Waals surface area (Å²) in [7, 11) is 1.29. The number of fused-ring (bicyclic) bond motifs is 8. The van der Waals surface area contributed by atoms with Gasteiger partial charge in [-0.1, -0.05) is 38.7 Å². The van der Waals surface area contributed by atoms with Crippen LogP contribution < -0.4 is 0 Å². The Hall–Kier alpha value is -5.05. The monoisotopic (exact) mass is 646 g/mol. The lowest BCUT2D eigenvalue weighted by Gasteiger charge is -2.18. The first-order chi connectivity index (χ1) is 23.0. The molecule has 9 heteroatoms. The Kier molecular flexibility index (Phi) is 8.81. The number of ether oxygens (including phenoxy) is 2. The van der Waals surface area contributed by atoms with Gasteiger partial charge in [-0.25, -0.2) is 4.98 Å². The summed E-state index contributed by atoms with van der Waals surface area (Å²) >= 11 is 0. The molecule has 9 nitrogen and oxygen atoms in total. The van der Waals surface area contributed by atoms with Gasteiger partial charge in [-0.2, -0.15) is 0 Å². The molecule has 3 aromatic rings. The minimum absolute atomic E-state index is 0.145. The summed E-state index contributed by atoms with van der Waals surface area (Å²) in [5.74, 6) is -2.95. The van der Waals surface area contributed by atoms with Gasteiger partial charge in [-0.15, -0.1) is 0 Å². The zero-order valence-corrected chi connectivity index (χ0v) is 28.7. The van der Waals surface area contributed by atoms with Crippen molar-refractivity contribution < 1.29 is 23.9 Å². The van der Waals surface area contributed by atoms with Crippen molar-refractivity contribution in [2.24, 2.45) is 0 Å². The summed E-state index contributed by atoms with van der Waals surface area (Å²) < 4.78 is 10.6. The topological polar surface area (TPSA) is 127 Å². The van der Waals surface area contributed by atoms with Gasteiger partial charge in [0.2, 0.25) is 0 Å². The summed E-state index contributed by atoms with van der Waals surface area (Å²) in [4.78, 5) is 57.7. The van der Waals surface area contributed by atoms with Gasteiger partial charge < -0.3 is 19.4 Å². The Morgan fingerprint density at radius 2 is 1.75 bits per heavy atom. The predicted molar refractivity (Wildman–Crippen MR) is 188 cm³/mol. The van der Waals surface area contributed by atoms with Crippen LogP contribution in [0.5, 0.6) is 0 Å². The molecule has 0 saturated heterocycles. The number of rotatable bonds is 8. The predicted octanol–water partition coefficient (Wildman–Crippen LogP) is 7.69. The lowest BCUT2D eigenvalue weighted by atomic mass is 9.84. The average Bonchev–Trinajstić information content (AvgIpc) is 3.80. The standard InChI is InChI=1S/C39H42N4O5/c1-9-12-15-48-32(44)14-13-25-21(6)28-16-26-19(4)23(10-2)30(40-26)17-27-20(5)24(11-3)31(41-27)18-29-22(7)33-37(43-29)34(36(25)42-28)35(38(33)45)39(46)47-8/h9-10,12,16-18,21,25,35,40-41H,2,11,13-15H2,1,3-8H3. The number of aromatic nitrogens is 4. The Morgan fingerprint density at radius 3 is 2.44 bits per heavy atom. The Bertz CT molecular complexity index is 2110. The van der Waals surface area contributed by atoms with Crippen LogP contribution in [0.15, 0.2) is 36.9 Å². The maximum absolute atomic E-state index is 14.1. The van der Waals surface area contributed by atoms with Gasteiger partial charge in [0, 0.05) is 62.7 Å². The number of hydrogen-bond acceptors (Lipinski definition) is 7. The van der Waals surface area contributed by atoms with Crippen molar-refractivity contribution >= 4 is 57.0 Å². The summed E-state index contributed by atoms with van der Waals surface area (Å²) in [5, 5.41) is 0. The van der Waals surface area contributed by atoms with Crippen LogP contribution in [0.3, 0.4) is 0 Å². The van der Waals surface area contributed by atoms with Crippen LogP contribution in [-0.2, 0) is 30.3 Å². The first-order valence-corrected chi connectivity index (χ1v) is 16.5. The number of carbonyl (C=O) groups is 3. The molecule has 248 valence electrons. The highest BCUT2D eigenvalue weighted by Crippen LogP contribution is 2.50. The SMILES string of the molecule is C=Cc1c(C)c2cc3nc(c4c5nc(cc6[nH]c(cc1[nH]2)c(C)c6CC)C(C)=C5C(=O)C4C(=O)OC)C(CCC(=O)OCC=CC)C3C. The first-order valence-electron chi connectivity index (χ1n) is 16.5. The maximum atomic E-state index is 14.1. The van der Waals surface area contributed by atoms with Crippen molar-refractivity contribution in [3.8, 4) is 0 Å². The highest BCUT2D eigenvalue weighted by molar-refractivity contribution is 6.38. The van der Waals surface area contributed by atoms with E-state index in [2.05, 4.69) is 43.4 Å². The number of Topliss-reactive ketones (excluding diaryl/α,β-unsaturated/α-hetero) is 1. The summed E-state index contributed by atoms with van der Waals surface area (Å²) in [6, 6.07) is 6.13. The minimum atomic E-state index is -1.19. The molecule has 0 radical (unpaired) electrons. The van der Waals surface area contributed by atoms with Crippen LogP contribution in [0, 0.1) is 13.8 Å². The zero-order chi connectivity index (χ0) is 34.4. The highest BCUT2D eigenvalue weighted by atomic mass is 16.5. The van der Waals surface area contributed by atoms with Gasteiger partial charge in [-0.05, 0) is 81.0 Å². The molecule has 3 unspecified atom stereocenters. The van der Waals surface area contributed by atoms with Crippen molar-refractivity contribution in [3.63, 3.8) is 0 Å². The van der Waals surface area contributed by atoms with E-state index in [0.29, 0.717) is 40.2 Å². The van der Waals surface area contributed by atoms with Crippen LogP contribution in [0.4, 0.5) is 0 Å². The number of methoxy groups -OCH3 is 1. The quantitative estimate of drug-likeness (QED) is 0.146. The molecule has 1 aliphatic carbocycles. The smallest absolute Gasteiger partial charge is 0.321 e. The van der Waals surface area contributed by atoms with E-state index in [0.717, 1.165) is 56.4 Å². The van der Waals surface area contributed by atoms with Crippen molar-refractivity contribution in [2.75, 3.05) is 13.7 Å². The molecule has 2 aliphatic heterocycles. The molecular formula is C39H42N4O5. The van der Waals surface area contributed by atoms with Crippen LogP contribution in [0.2, 0.25) is 0 Å². The van der Waals surface area contributed by atoms with Crippen LogP contribution in [0.1, 0.15) is 109 Å². The molecule has 8 bridgehead atoms. The highest BCUT2D eigenvalue weighted by Gasteiger charge is 2.48. The van der Waals surface area contributed by atoms with Crippen molar-refractivity contribution in [2.45, 2.75) is 78.6 Å². The second-order valence-electron chi connectivity index (χ2n) is 12.7. The van der Waals surface area contributed by atoms with E-state index in [1.165, 1.54) is 7.11 Å².